The number of halogens is 1. The quantitative estimate of drug-likeness (QED) is 0.824. The van der Waals surface area contributed by atoms with Gasteiger partial charge in [-0.2, -0.15) is 0 Å². The molecule has 0 unspecified atom stereocenters. The van der Waals surface area contributed by atoms with Crippen LogP contribution in [0.2, 0.25) is 0 Å². The fourth-order valence-electron chi connectivity index (χ4n) is 2.46. The van der Waals surface area contributed by atoms with Crippen molar-refractivity contribution in [1.82, 2.24) is 10.2 Å². The van der Waals surface area contributed by atoms with Crippen LogP contribution in [0.15, 0.2) is 0 Å². The highest BCUT2D eigenvalue weighted by Crippen LogP contribution is 2.30. The first-order valence-corrected chi connectivity index (χ1v) is 6.24. The molecule has 4 heteroatoms. The van der Waals surface area contributed by atoms with Crippen molar-refractivity contribution in [2.45, 2.75) is 44.6 Å². The van der Waals surface area contributed by atoms with E-state index in [9.17, 15) is 4.79 Å². The fraction of sp³-hybridized carbons (Fsp3) is 0.917. The molecule has 0 bridgehead atoms. The predicted octanol–water partition coefficient (Wildman–Crippen LogP) is 1.81. The van der Waals surface area contributed by atoms with Crippen molar-refractivity contribution < 1.29 is 4.79 Å². The first-order valence-electron chi connectivity index (χ1n) is 6.24. The molecule has 0 radical (unpaired) electrons. The van der Waals surface area contributed by atoms with Crippen LogP contribution >= 0.6 is 12.4 Å². The molecule has 2 aliphatic rings. The Morgan fingerprint density at radius 1 is 1.31 bits per heavy atom. The van der Waals surface area contributed by atoms with Crippen LogP contribution in [0.25, 0.3) is 0 Å². The number of carbonyl (C=O) groups is 1. The van der Waals surface area contributed by atoms with E-state index in [1.54, 1.807) is 0 Å². The highest BCUT2D eigenvalue weighted by atomic mass is 35.5. The number of hydrogen-bond donors (Lipinski definition) is 1. The lowest BCUT2D eigenvalue weighted by molar-refractivity contribution is -0.133. The number of carbonyl (C=O) groups excluding carboxylic acids is 1. The van der Waals surface area contributed by atoms with Crippen LogP contribution in [0, 0.1) is 5.92 Å². The van der Waals surface area contributed by atoms with Crippen molar-refractivity contribution in [2.24, 2.45) is 5.92 Å². The lowest BCUT2D eigenvalue weighted by Crippen LogP contribution is -2.47. The van der Waals surface area contributed by atoms with E-state index in [1.807, 2.05) is 11.9 Å². The number of hydrogen-bond acceptors (Lipinski definition) is 2. The van der Waals surface area contributed by atoms with Gasteiger partial charge in [-0.15, -0.1) is 12.4 Å². The third-order valence-electron chi connectivity index (χ3n) is 3.90. The molecule has 1 atom stereocenters. The van der Waals surface area contributed by atoms with Gasteiger partial charge in [-0.25, -0.2) is 0 Å². The Balaban J connectivity index is 0.00000128. The van der Waals surface area contributed by atoms with Crippen LogP contribution in [0.5, 0.6) is 0 Å². The molecule has 0 aromatic carbocycles. The van der Waals surface area contributed by atoms with Crippen molar-refractivity contribution in [3.63, 3.8) is 0 Å². The Labute approximate surface area is 104 Å². The monoisotopic (exact) mass is 246 g/mol. The van der Waals surface area contributed by atoms with Gasteiger partial charge in [0.2, 0.25) is 5.91 Å². The molecular formula is C12H23ClN2O. The summed E-state index contributed by atoms with van der Waals surface area (Å²) in [5.74, 6) is 1.05. The minimum atomic E-state index is 0. The maximum Gasteiger partial charge on any atom is 0.222 e. The molecule has 1 aliphatic heterocycles. The first-order chi connectivity index (χ1) is 7.27. The fourth-order valence-corrected chi connectivity index (χ4v) is 2.46. The zero-order chi connectivity index (χ0) is 10.7. The standard InChI is InChI=1S/C12H22N2O.ClH/c1-14(11-6-3-7-13-9-11)12(15)8-10-4-2-5-10;/h10-11,13H,2-9H2,1H3;1H/t11-;/m1./s1. The molecule has 1 saturated heterocycles. The molecule has 94 valence electrons. The summed E-state index contributed by atoms with van der Waals surface area (Å²) < 4.78 is 0. The lowest BCUT2D eigenvalue weighted by atomic mass is 9.82. The largest absolute Gasteiger partial charge is 0.341 e. The van der Waals surface area contributed by atoms with Crippen LogP contribution in [-0.2, 0) is 4.79 Å². The first kappa shape index (κ1) is 13.8. The summed E-state index contributed by atoms with van der Waals surface area (Å²) in [7, 11) is 1.97. The lowest BCUT2D eigenvalue weighted by Gasteiger charge is -2.34. The summed E-state index contributed by atoms with van der Waals surface area (Å²) in [4.78, 5) is 13.9. The van der Waals surface area contributed by atoms with E-state index in [0.717, 1.165) is 19.5 Å². The second-order valence-electron chi connectivity index (χ2n) is 5.01. The Morgan fingerprint density at radius 2 is 2.06 bits per heavy atom. The van der Waals surface area contributed by atoms with Gasteiger partial charge in [0.1, 0.15) is 0 Å². The van der Waals surface area contributed by atoms with Crippen molar-refractivity contribution in [3.05, 3.63) is 0 Å². The van der Waals surface area contributed by atoms with E-state index in [1.165, 1.54) is 32.1 Å². The summed E-state index contributed by atoms with van der Waals surface area (Å²) in [5, 5.41) is 3.36. The molecule has 0 spiro atoms. The third-order valence-corrected chi connectivity index (χ3v) is 3.90. The predicted molar refractivity (Wildman–Crippen MR) is 67.9 cm³/mol. The molecule has 1 amide bonds. The van der Waals surface area contributed by atoms with Crippen LogP contribution < -0.4 is 5.32 Å². The highest BCUT2D eigenvalue weighted by molar-refractivity contribution is 5.85. The van der Waals surface area contributed by atoms with Crippen LogP contribution in [0.1, 0.15) is 38.5 Å². The second kappa shape index (κ2) is 6.45. The van der Waals surface area contributed by atoms with Crippen molar-refractivity contribution in [1.29, 1.82) is 0 Å². The van der Waals surface area contributed by atoms with Gasteiger partial charge in [-0.05, 0) is 38.1 Å². The summed E-state index contributed by atoms with van der Waals surface area (Å²) in [6.45, 7) is 2.09. The molecule has 2 rings (SSSR count). The Morgan fingerprint density at radius 3 is 2.56 bits per heavy atom. The van der Waals surface area contributed by atoms with Crippen molar-refractivity contribution >= 4 is 18.3 Å². The molecule has 16 heavy (non-hydrogen) atoms. The maximum atomic E-state index is 11.9. The van der Waals surface area contributed by atoms with Gasteiger partial charge in [0.25, 0.3) is 0 Å². The number of amides is 1. The van der Waals surface area contributed by atoms with Gasteiger partial charge in [0.05, 0.1) is 0 Å². The minimum Gasteiger partial charge on any atom is -0.341 e. The summed E-state index contributed by atoms with van der Waals surface area (Å²) in [6.07, 6.45) is 7.01. The zero-order valence-corrected chi connectivity index (χ0v) is 10.9. The van der Waals surface area contributed by atoms with Gasteiger partial charge in [-0.1, -0.05) is 6.42 Å². The van der Waals surface area contributed by atoms with Crippen LogP contribution in [0.3, 0.4) is 0 Å². The van der Waals surface area contributed by atoms with Crippen LogP contribution in [0.4, 0.5) is 0 Å². The van der Waals surface area contributed by atoms with E-state index in [0.29, 0.717) is 17.9 Å². The highest BCUT2D eigenvalue weighted by Gasteiger charge is 2.26. The average molecular weight is 247 g/mol. The SMILES string of the molecule is CN(C(=O)CC1CCC1)[C@@H]1CCCNC1.Cl. The van der Waals surface area contributed by atoms with Gasteiger partial charge in [-0.3, -0.25) is 4.79 Å². The van der Waals surface area contributed by atoms with Crippen molar-refractivity contribution in [3.8, 4) is 0 Å². The molecular weight excluding hydrogens is 224 g/mol. The molecule has 2 fully saturated rings. The van der Waals surface area contributed by atoms with Gasteiger partial charge in [0.15, 0.2) is 0 Å². The summed E-state index contributed by atoms with van der Waals surface area (Å²) in [6, 6.07) is 0.436. The van der Waals surface area contributed by atoms with E-state index in [2.05, 4.69) is 5.32 Å². The maximum absolute atomic E-state index is 11.9. The summed E-state index contributed by atoms with van der Waals surface area (Å²) >= 11 is 0. The number of nitrogens with one attached hydrogen (secondary N) is 1. The second-order valence-corrected chi connectivity index (χ2v) is 5.01. The molecule has 1 aliphatic carbocycles. The van der Waals surface area contributed by atoms with Crippen LogP contribution in [-0.4, -0.2) is 37.0 Å². The van der Waals surface area contributed by atoms with Gasteiger partial charge in [0, 0.05) is 26.1 Å². The third kappa shape index (κ3) is 3.36. The van der Waals surface area contributed by atoms with Gasteiger partial charge >= 0.3 is 0 Å². The Bertz CT molecular complexity index is 225. The normalized spacial score (nSPS) is 25.4. The average Bonchev–Trinajstić information content (AvgIpc) is 2.23. The molecule has 1 N–H and O–H groups in total. The molecule has 1 heterocycles. The van der Waals surface area contributed by atoms with E-state index < -0.39 is 0 Å². The smallest absolute Gasteiger partial charge is 0.222 e. The van der Waals surface area contributed by atoms with Gasteiger partial charge < -0.3 is 10.2 Å². The topological polar surface area (TPSA) is 32.3 Å². The molecule has 3 nitrogen and oxygen atoms in total. The number of likely N-dealkylation sites (N-methyl/N-ethyl adjacent to an activating group) is 1. The Hall–Kier alpha value is -0.280. The summed E-state index contributed by atoms with van der Waals surface area (Å²) in [5.41, 5.74) is 0. The molecule has 1 saturated carbocycles. The van der Waals surface area contributed by atoms with E-state index >= 15 is 0 Å². The molecule has 0 aromatic heterocycles. The number of piperidine rings is 1. The van der Waals surface area contributed by atoms with E-state index in [-0.39, 0.29) is 12.4 Å². The number of rotatable bonds is 3. The number of nitrogens with zero attached hydrogens (tertiary/aromatic N) is 1. The van der Waals surface area contributed by atoms with E-state index in [4.69, 9.17) is 0 Å². The minimum absolute atomic E-state index is 0. The van der Waals surface area contributed by atoms with Crippen molar-refractivity contribution in [2.75, 3.05) is 20.1 Å². The molecule has 0 aromatic rings. The Kier molecular flexibility index (Phi) is 5.56. The zero-order valence-electron chi connectivity index (χ0n) is 10.1.